The molecule has 3 nitrogen and oxygen atoms in total. The summed E-state index contributed by atoms with van der Waals surface area (Å²) in [6, 6.07) is 7.77. The molecule has 0 saturated heterocycles. The molecule has 1 unspecified atom stereocenters. The molecule has 17 heavy (non-hydrogen) atoms. The maximum Gasteiger partial charge on any atom is 0.0963 e. The largest absolute Gasteiger partial charge is 0.248 e. The van der Waals surface area contributed by atoms with Crippen molar-refractivity contribution in [1.29, 1.82) is 0 Å². The molecule has 1 heterocycles. The van der Waals surface area contributed by atoms with Crippen LogP contribution in [0.15, 0.2) is 30.5 Å². The van der Waals surface area contributed by atoms with Gasteiger partial charge in [0.25, 0.3) is 0 Å². The van der Waals surface area contributed by atoms with Gasteiger partial charge in [-0.2, -0.15) is 0 Å². The number of nitrogens with zero attached hydrogens (tertiary/aromatic N) is 3. The van der Waals surface area contributed by atoms with Gasteiger partial charge in [0.2, 0.25) is 0 Å². The highest BCUT2D eigenvalue weighted by Crippen LogP contribution is 2.23. The maximum atomic E-state index is 5.94. The summed E-state index contributed by atoms with van der Waals surface area (Å²) in [5.41, 5.74) is 2.09. The van der Waals surface area contributed by atoms with Crippen LogP contribution in [0.5, 0.6) is 0 Å². The van der Waals surface area contributed by atoms with E-state index >= 15 is 0 Å². The molecule has 5 heteroatoms. The molecule has 2 rings (SSSR count). The lowest BCUT2D eigenvalue weighted by atomic mass is 10.2. The summed E-state index contributed by atoms with van der Waals surface area (Å²) in [4.78, 5) is 0.274. The van der Waals surface area contributed by atoms with E-state index in [1.807, 2.05) is 35.1 Å². The second-order valence-corrected chi connectivity index (χ2v) is 5.39. The van der Waals surface area contributed by atoms with E-state index in [4.69, 9.17) is 11.6 Å². The van der Waals surface area contributed by atoms with E-state index in [-0.39, 0.29) is 4.83 Å². The monoisotopic (exact) mass is 313 g/mol. The van der Waals surface area contributed by atoms with E-state index in [2.05, 4.69) is 33.2 Å². The number of halogens is 2. The Morgan fingerprint density at radius 1 is 1.47 bits per heavy atom. The third kappa shape index (κ3) is 3.30. The molecule has 2 aromatic rings. The van der Waals surface area contributed by atoms with Crippen molar-refractivity contribution in [3.63, 3.8) is 0 Å². The molecular formula is C12H13BrClN3. The number of hydrogen-bond donors (Lipinski definition) is 0. The first-order valence-electron chi connectivity index (χ1n) is 5.47. The Bertz CT molecular complexity index is 498. The summed E-state index contributed by atoms with van der Waals surface area (Å²) in [5.74, 6) is 0. The Labute approximate surface area is 114 Å². The van der Waals surface area contributed by atoms with E-state index in [9.17, 15) is 0 Å². The molecule has 0 aliphatic heterocycles. The first kappa shape index (κ1) is 12.6. The topological polar surface area (TPSA) is 30.7 Å². The van der Waals surface area contributed by atoms with Crippen molar-refractivity contribution in [2.45, 2.75) is 24.7 Å². The van der Waals surface area contributed by atoms with Crippen LogP contribution in [0.4, 0.5) is 0 Å². The summed E-state index contributed by atoms with van der Waals surface area (Å²) in [6.45, 7) is 2.80. The number of aromatic nitrogens is 3. The van der Waals surface area contributed by atoms with Crippen LogP contribution in [-0.4, -0.2) is 15.0 Å². The molecule has 90 valence electrons. The third-order valence-electron chi connectivity index (χ3n) is 2.47. The normalized spacial score (nSPS) is 12.6. The highest BCUT2D eigenvalue weighted by atomic mass is 79.9. The van der Waals surface area contributed by atoms with Gasteiger partial charge in [0, 0.05) is 11.2 Å². The lowest BCUT2D eigenvalue weighted by Gasteiger charge is -2.01. The number of benzene rings is 1. The zero-order valence-corrected chi connectivity index (χ0v) is 11.8. The highest BCUT2D eigenvalue weighted by molar-refractivity contribution is 9.09. The molecule has 0 spiro atoms. The van der Waals surface area contributed by atoms with Crippen LogP contribution in [0.3, 0.4) is 0 Å². The maximum absolute atomic E-state index is 5.94. The molecule has 0 N–H and O–H groups in total. The summed E-state index contributed by atoms with van der Waals surface area (Å²) < 4.78 is 1.82. The van der Waals surface area contributed by atoms with Gasteiger partial charge in [-0.05, 0) is 24.1 Å². The van der Waals surface area contributed by atoms with Crippen LogP contribution in [0, 0.1) is 0 Å². The summed E-state index contributed by atoms with van der Waals surface area (Å²) in [6.07, 6.45) is 2.96. The quantitative estimate of drug-likeness (QED) is 0.803. The minimum atomic E-state index is 0.274. The van der Waals surface area contributed by atoms with Gasteiger partial charge in [-0.3, -0.25) is 0 Å². The van der Waals surface area contributed by atoms with Crippen molar-refractivity contribution in [3.05, 3.63) is 46.7 Å². The molecule has 1 aromatic heterocycles. The van der Waals surface area contributed by atoms with Gasteiger partial charge < -0.3 is 0 Å². The van der Waals surface area contributed by atoms with Gasteiger partial charge in [-0.25, -0.2) is 4.68 Å². The van der Waals surface area contributed by atoms with Crippen LogP contribution >= 0.6 is 27.5 Å². The zero-order valence-electron chi connectivity index (χ0n) is 9.48. The molecule has 1 aromatic carbocycles. The van der Waals surface area contributed by atoms with Crippen LogP contribution in [-0.2, 0) is 6.54 Å². The fourth-order valence-corrected chi connectivity index (χ4v) is 1.99. The second-order valence-electron chi connectivity index (χ2n) is 3.85. The van der Waals surface area contributed by atoms with Crippen molar-refractivity contribution in [3.8, 4) is 0 Å². The fourth-order valence-electron chi connectivity index (χ4n) is 1.57. The van der Waals surface area contributed by atoms with E-state index < -0.39 is 0 Å². The van der Waals surface area contributed by atoms with Crippen molar-refractivity contribution in [2.24, 2.45) is 0 Å². The molecule has 0 aliphatic carbocycles. The van der Waals surface area contributed by atoms with Crippen LogP contribution < -0.4 is 0 Å². The van der Waals surface area contributed by atoms with E-state index in [0.29, 0.717) is 6.54 Å². The molecule has 0 fully saturated rings. The summed E-state index contributed by atoms with van der Waals surface area (Å²) in [7, 11) is 0. The number of hydrogen-bond acceptors (Lipinski definition) is 2. The van der Waals surface area contributed by atoms with E-state index in [0.717, 1.165) is 22.7 Å². The summed E-state index contributed by atoms with van der Waals surface area (Å²) >= 11 is 9.49. The average molecular weight is 315 g/mol. The van der Waals surface area contributed by atoms with Gasteiger partial charge in [0.1, 0.15) is 0 Å². The standard InChI is InChI=1S/C12H13BrClN3/c1-2-11(13)12-8-17(16-15-12)7-9-4-3-5-10(14)6-9/h3-6,8,11H,2,7H2,1H3. The molecule has 0 saturated carbocycles. The highest BCUT2D eigenvalue weighted by Gasteiger charge is 2.09. The second kappa shape index (κ2) is 5.65. The van der Waals surface area contributed by atoms with Crippen molar-refractivity contribution in [2.75, 3.05) is 0 Å². The predicted octanol–water partition coefficient (Wildman–Crippen LogP) is 3.83. The van der Waals surface area contributed by atoms with Crippen LogP contribution in [0.1, 0.15) is 29.4 Å². The Balaban J connectivity index is 2.11. The SMILES string of the molecule is CCC(Br)c1cn(Cc2cccc(Cl)c2)nn1. The minimum absolute atomic E-state index is 0.274. The Morgan fingerprint density at radius 3 is 3.00 bits per heavy atom. The third-order valence-corrected chi connectivity index (χ3v) is 3.82. The first-order chi connectivity index (χ1) is 8.19. The van der Waals surface area contributed by atoms with Crippen molar-refractivity contribution in [1.82, 2.24) is 15.0 Å². The van der Waals surface area contributed by atoms with Gasteiger partial charge >= 0.3 is 0 Å². The van der Waals surface area contributed by atoms with Crippen LogP contribution in [0.2, 0.25) is 5.02 Å². The van der Waals surface area contributed by atoms with Gasteiger partial charge in [0.15, 0.2) is 0 Å². The molecule has 0 aliphatic rings. The van der Waals surface area contributed by atoms with Gasteiger partial charge in [-0.1, -0.05) is 51.8 Å². The lowest BCUT2D eigenvalue weighted by molar-refractivity contribution is 0.649. The average Bonchev–Trinajstić information content (AvgIpc) is 2.76. The molecule has 0 radical (unpaired) electrons. The first-order valence-corrected chi connectivity index (χ1v) is 6.77. The van der Waals surface area contributed by atoms with Crippen LogP contribution in [0.25, 0.3) is 0 Å². The van der Waals surface area contributed by atoms with E-state index in [1.165, 1.54) is 0 Å². The molecule has 1 atom stereocenters. The summed E-state index contributed by atoms with van der Waals surface area (Å²) in [5, 5.41) is 8.99. The van der Waals surface area contributed by atoms with E-state index in [1.54, 1.807) is 0 Å². The Morgan fingerprint density at radius 2 is 2.29 bits per heavy atom. The predicted molar refractivity (Wildman–Crippen MR) is 72.5 cm³/mol. The zero-order chi connectivity index (χ0) is 12.3. The number of rotatable bonds is 4. The number of alkyl halides is 1. The van der Waals surface area contributed by atoms with Gasteiger partial charge in [0.05, 0.1) is 17.1 Å². The lowest BCUT2D eigenvalue weighted by Crippen LogP contribution is -2.00. The molecule has 0 amide bonds. The smallest absolute Gasteiger partial charge is 0.0963 e. The Hall–Kier alpha value is -0.870. The Kier molecular flexibility index (Phi) is 4.18. The fraction of sp³-hybridized carbons (Fsp3) is 0.333. The molecule has 0 bridgehead atoms. The van der Waals surface area contributed by atoms with Crippen molar-refractivity contribution >= 4 is 27.5 Å². The molecular weight excluding hydrogens is 302 g/mol. The van der Waals surface area contributed by atoms with Gasteiger partial charge in [-0.15, -0.1) is 5.10 Å². The van der Waals surface area contributed by atoms with Crippen molar-refractivity contribution < 1.29 is 0 Å². The minimum Gasteiger partial charge on any atom is -0.248 e.